The first kappa shape index (κ1) is 18.1. The van der Waals surface area contributed by atoms with E-state index in [0.29, 0.717) is 9.92 Å². The Kier molecular flexibility index (Phi) is 5.23. The molecule has 0 spiro atoms. The van der Waals surface area contributed by atoms with Crippen molar-refractivity contribution in [1.82, 2.24) is 0 Å². The number of hydrogen-bond acceptors (Lipinski definition) is 2. The molecule has 0 bridgehead atoms. The molecular weight excluding hydrogens is 372 g/mol. The van der Waals surface area contributed by atoms with Gasteiger partial charge in [-0.15, -0.1) is 0 Å². The Hall–Kier alpha value is -1.75. The molecule has 0 heterocycles. The van der Waals surface area contributed by atoms with Crippen LogP contribution in [-0.2, 0) is 20.7 Å². The topological polar surface area (TPSA) is 34.1 Å². The predicted octanol–water partition coefficient (Wildman–Crippen LogP) is 5.15. The molecule has 0 aliphatic carbocycles. The van der Waals surface area contributed by atoms with Crippen LogP contribution in [0, 0.1) is 6.92 Å². The van der Waals surface area contributed by atoms with Gasteiger partial charge in [0.1, 0.15) is 0 Å². The van der Waals surface area contributed by atoms with Crippen LogP contribution in [0.1, 0.15) is 5.56 Å². The highest BCUT2D eigenvalue weighted by molar-refractivity contribution is 7.97. The molecule has 128 valence electrons. The Morgan fingerprint density at radius 1 is 0.720 bits per heavy atom. The highest BCUT2D eigenvalue weighted by Crippen LogP contribution is 2.32. The Morgan fingerprint density at radius 2 is 1.12 bits per heavy atom. The third-order valence-electron chi connectivity index (χ3n) is 3.79. The molecule has 2 nitrogen and oxygen atoms in total. The van der Waals surface area contributed by atoms with Crippen molar-refractivity contribution >= 4 is 32.3 Å². The second-order valence-corrected chi connectivity index (χ2v) is 10.3. The first-order valence-corrected chi connectivity index (χ1v) is 11.2. The molecule has 3 rings (SSSR count). The van der Waals surface area contributed by atoms with Crippen LogP contribution in [0.5, 0.6) is 0 Å². The molecule has 0 saturated heterocycles. The van der Waals surface area contributed by atoms with Gasteiger partial charge >= 0.3 is 0 Å². The molecule has 1 atom stereocenters. The zero-order chi connectivity index (χ0) is 18.0. The van der Waals surface area contributed by atoms with E-state index in [9.17, 15) is 8.42 Å². The van der Waals surface area contributed by atoms with Crippen LogP contribution in [0.15, 0.2) is 92.4 Å². The number of rotatable bonds is 4. The fraction of sp³-hybridized carbons (Fsp3) is 0.100. The fourth-order valence-corrected chi connectivity index (χ4v) is 5.27. The average Bonchev–Trinajstić information content (AvgIpc) is 2.58. The summed E-state index contributed by atoms with van der Waals surface area (Å²) in [4.78, 5) is 3.72. The monoisotopic (exact) mass is 389 g/mol. The van der Waals surface area contributed by atoms with Crippen molar-refractivity contribution in [1.29, 1.82) is 0 Å². The Bertz CT molecular complexity index is 916. The average molecular weight is 390 g/mol. The highest BCUT2D eigenvalue weighted by Gasteiger charge is 2.28. The third kappa shape index (κ3) is 4.27. The maximum Gasteiger partial charge on any atom is 0.175 e. The number of sulfone groups is 1. The molecule has 25 heavy (non-hydrogen) atoms. The summed E-state index contributed by atoms with van der Waals surface area (Å²) in [7, 11) is -3.52. The maximum atomic E-state index is 11.7. The van der Waals surface area contributed by atoms with E-state index in [0.717, 1.165) is 9.79 Å². The zero-order valence-electron chi connectivity index (χ0n) is 13.9. The molecule has 0 fully saturated rings. The summed E-state index contributed by atoms with van der Waals surface area (Å²) >= 11 is 6.04. The van der Waals surface area contributed by atoms with Gasteiger partial charge in [-0.3, -0.25) is 0 Å². The van der Waals surface area contributed by atoms with Gasteiger partial charge in [-0.2, -0.15) is 0 Å². The number of benzene rings is 3. The van der Waals surface area contributed by atoms with Crippen molar-refractivity contribution in [3.63, 3.8) is 0 Å². The maximum absolute atomic E-state index is 11.7. The van der Waals surface area contributed by atoms with Crippen molar-refractivity contribution in [3.8, 4) is 0 Å². The molecule has 0 N–H and O–H groups in total. The lowest BCUT2D eigenvalue weighted by Gasteiger charge is -2.09. The molecule has 3 aromatic rings. The standard InChI is InChI=1S/C20H18ClO2S2/c1-15-3-7-17(8-4-15)24(18-9-5-16(21)6-10-18)19-11-13-20(14-12-19)25(2,22)23/h3-14H,1-2H3/q+1. The summed E-state index contributed by atoms with van der Waals surface area (Å²) < 4.78 is 23.4. The van der Waals surface area contributed by atoms with Gasteiger partial charge in [0.15, 0.2) is 24.5 Å². The van der Waals surface area contributed by atoms with Crippen LogP contribution in [-0.4, -0.2) is 14.7 Å². The van der Waals surface area contributed by atoms with Gasteiger partial charge in [0, 0.05) is 11.3 Å². The van der Waals surface area contributed by atoms with Crippen LogP contribution in [0.2, 0.25) is 5.02 Å². The van der Waals surface area contributed by atoms with E-state index in [1.807, 2.05) is 36.4 Å². The van der Waals surface area contributed by atoms with Gasteiger partial charge in [0.25, 0.3) is 0 Å². The van der Waals surface area contributed by atoms with Gasteiger partial charge in [-0.05, 0) is 67.6 Å². The summed E-state index contributed by atoms with van der Waals surface area (Å²) in [6.07, 6.45) is 1.22. The number of aryl methyl sites for hydroxylation is 1. The van der Waals surface area contributed by atoms with E-state index in [1.54, 1.807) is 12.1 Å². The van der Waals surface area contributed by atoms with Gasteiger partial charge in [0.05, 0.1) is 15.8 Å². The quantitative estimate of drug-likeness (QED) is 0.578. The molecule has 0 saturated carbocycles. The minimum Gasteiger partial charge on any atom is -0.224 e. The van der Waals surface area contributed by atoms with Crippen molar-refractivity contribution in [2.75, 3.05) is 6.26 Å². The molecule has 1 unspecified atom stereocenters. The molecule has 5 heteroatoms. The van der Waals surface area contributed by atoms with Crippen molar-refractivity contribution in [3.05, 3.63) is 83.4 Å². The first-order valence-electron chi connectivity index (χ1n) is 7.71. The first-order chi connectivity index (χ1) is 11.8. The van der Waals surface area contributed by atoms with E-state index >= 15 is 0 Å². The van der Waals surface area contributed by atoms with Crippen molar-refractivity contribution in [2.45, 2.75) is 26.5 Å². The van der Waals surface area contributed by atoms with E-state index < -0.39 is 9.84 Å². The second kappa shape index (κ2) is 7.24. The van der Waals surface area contributed by atoms with Gasteiger partial charge < -0.3 is 0 Å². The smallest absolute Gasteiger partial charge is 0.175 e. The summed E-state index contributed by atoms with van der Waals surface area (Å²) in [6.45, 7) is 2.06. The van der Waals surface area contributed by atoms with Gasteiger partial charge in [-0.25, -0.2) is 8.42 Å². The summed E-state index contributed by atoms with van der Waals surface area (Å²) in [5.74, 6) is 0. The van der Waals surface area contributed by atoms with E-state index in [-0.39, 0.29) is 10.9 Å². The lowest BCUT2D eigenvalue weighted by molar-refractivity contribution is 0.602. The minimum absolute atomic E-state index is 0.320. The summed E-state index contributed by atoms with van der Waals surface area (Å²) in [6, 6.07) is 23.4. The van der Waals surface area contributed by atoms with E-state index in [4.69, 9.17) is 11.6 Å². The zero-order valence-corrected chi connectivity index (χ0v) is 16.3. The van der Waals surface area contributed by atoms with Crippen molar-refractivity contribution in [2.24, 2.45) is 0 Å². The Labute approximate surface area is 156 Å². The van der Waals surface area contributed by atoms with E-state index in [2.05, 4.69) is 31.2 Å². The molecule has 0 aromatic heterocycles. The normalized spacial score (nSPS) is 12.8. The van der Waals surface area contributed by atoms with Crippen LogP contribution in [0.25, 0.3) is 0 Å². The van der Waals surface area contributed by atoms with Crippen molar-refractivity contribution < 1.29 is 8.42 Å². The van der Waals surface area contributed by atoms with E-state index in [1.165, 1.54) is 16.7 Å². The Balaban J connectivity index is 2.10. The van der Waals surface area contributed by atoms with Crippen LogP contribution in [0.4, 0.5) is 0 Å². The van der Waals surface area contributed by atoms with Crippen LogP contribution >= 0.6 is 11.6 Å². The summed E-state index contributed by atoms with van der Waals surface area (Å²) in [5.41, 5.74) is 1.20. The Morgan fingerprint density at radius 3 is 1.56 bits per heavy atom. The SMILES string of the molecule is Cc1ccc([S+](c2ccc(Cl)cc2)c2ccc(S(C)(=O)=O)cc2)cc1. The lowest BCUT2D eigenvalue weighted by atomic mass is 10.2. The number of hydrogen-bond donors (Lipinski definition) is 0. The minimum atomic E-state index is -3.20. The predicted molar refractivity (Wildman–Crippen MR) is 104 cm³/mol. The van der Waals surface area contributed by atoms with Crippen LogP contribution < -0.4 is 0 Å². The second-order valence-electron chi connectivity index (χ2n) is 5.82. The molecule has 3 aromatic carbocycles. The fourth-order valence-electron chi connectivity index (χ4n) is 2.48. The lowest BCUT2D eigenvalue weighted by Crippen LogP contribution is -2.05. The summed E-state index contributed by atoms with van der Waals surface area (Å²) in [5, 5.41) is 0.698. The van der Waals surface area contributed by atoms with Gasteiger partial charge in [0.2, 0.25) is 0 Å². The molecule has 0 amide bonds. The molecule has 0 aliphatic rings. The number of halogens is 1. The van der Waals surface area contributed by atoms with Crippen LogP contribution in [0.3, 0.4) is 0 Å². The molecule has 0 radical (unpaired) electrons. The third-order valence-corrected chi connectivity index (χ3v) is 7.40. The largest absolute Gasteiger partial charge is 0.224 e. The molecule has 0 aliphatic heterocycles. The molecular formula is C20H18ClO2S2+. The van der Waals surface area contributed by atoms with Gasteiger partial charge in [-0.1, -0.05) is 29.3 Å². The highest BCUT2D eigenvalue weighted by atomic mass is 35.5.